The van der Waals surface area contributed by atoms with Crippen molar-refractivity contribution in [2.24, 2.45) is 5.92 Å². The molecule has 0 radical (unpaired) electrons. The summed E-state index contributed by atoms with van der Waals surface area (Å²) in [5.74, 6) is 0.665. The first-order valence-electron chi connectivity index (χ1n) is 10.4. The number of carbonyl (C=O) groups is 1. The van der Waals surface area contributed by atoms with Crippen LogP contribution in [0.1, 0.15) is 37.3 Å². The third kappa shape index (κ3) is 4.59. The number of nitrogens with zero attached hydrogens (tertiary/aromatic N) is 2. The minimum Gasteiger partial charge on any atom is -0.341 e. The molecule has 2 aromatic carbocycles. The second-order valence-electron chi connectivity index (χ2n) is 7.99. The van der Waals surface area contributed by atoms with Gasteiger partial charge in [0.25, 0.3) is 0 Å². The van der Waals surface area contributed by atoms with E-state index in [0.29, 0.717) is 11.7 Å². The second-order valence-corrected chi connectivity index (χ2v) is 7.99. The molecule has 4 rings (SSSR count). The number of hydrogen-bond donors (Lipinski definition) is 0. The number of para-hydroxylation sites is 2. The lowest BCUT2D eigenvalue weighted by Crippen LogP contribution is -2.37. The Hall–Kier alpha value is -1.84. The monoisotopic (exact) mass is 398 g/mol. The summed E-state index contributed by atoms with van der Waals surface area (Å²) in [6.45, 7) is 6.04. The fourth-order valence-corrected chi connectivity index (χ4v) is 4.63. The molecule has 4 heteroatoms. The van der Waals surface area contributed by atoms with Crippen LogP contribution >= 0.6 is 12.4 Å². The maximum atomic E-state index is 11.6. The molecule has 0 atom stereocenters. The zero-order valence-electron chi connectivity index (χ0n) is 16.8. The van der Waals surface area contributed by atoms with E-state index in [9.17, 15) is 4.79 Å². The van der Waals surface area contributed by atoms with Gasteiger partial charge in [0, 0.05) is 23.8 Å². The van der Waals surface area contributed by atoms with Gasteiger partial charge in [-0.2, -0.15) is 0 Å². The van der Waals surface area contributed by atoms with Crippen molar-refractivity contribution in [2.45, 2.75) is 39.0 Å². The van der Waals surface area contributed by atoms with Gasteiger partial charge in [0.2, 0.25) is 0 Å². The van der Waals surface area contributed by atoms with Gasteiger partial charge in [-0.3, -0.25) is 4.79 Å². The molecular formula is C24H31ClN2O. The summed E-state index contributed by atoms with van der Waals surface area (Å²) in [6, 6.07) is 17.7. The molecule has 1 saturated heterocycles. The van der Waals surface area contributed by atoms with E-state index in [1.54, 1.807) is 6.92 Å². The quantitative estimate of drug-likeness (QED) is 0.705. The summed E-state index contributed by atoms with van der Waals surface area (Å²) in [5, 5.41) is 0. The normalized spacial score (nSPS) is 17.2. The number of likely N-dealkylation sites (tertiary alicyclic amines) is 1. The average molecular weight is 399 g/mol. The summed E-state index contributed by atoms with van der Waals surface area (Å²) < 4.78 is 0. The molecule has 3 nitrogen and oxygen atoms in total. The Morgan fingerprint density at radius 3 is 1.96 bits per heavy atom. The fourth-order valence-electron chi connectivity index (χ4n) is 4.63. The molecule has 0 saturated carbocycles. The van der Waals surface area contributed by atoms with Crippen LogP contribution < -0.4 is 4.90 Å². The third-order valence-electron chi connectivity index (χ3n) is 6.25. The van der Waals surface area contributed by atoms with E-state index < -0.39 is 0 Å². The standard InChI is InChI=1S/C24H30N2O.ClH/c1-19(27)20-13-17-25(18-14-20)15-6-16-26-23-9-4-2-7-21(23)11-12-22-8-3-5-10-24(22)26;/h2-5,7-10,20H,6,11-18H2,1H3;1H. The van der Waals surface area contributed by atoms with Crippen molar-refractivity contribution < 1.29 is 4.79 Å². The Balaban J connectivity index is 0.00000225. The van der Waals surface area contributed by atoms with Crippen molar-refractivity contribution in [3.05, 3.63) is 59.7 Å². The van der Waals surface area contributed by atoms with Gasteiger partial charge in [-0.05, 0) is 81.9 Å². The summed E-state index contributed by atoms with van der Waals surface area (Å²) in [7, 11) is 0. The van der Waals surface area contributed by atoms with Crippen LogP contribution in [0.15, 0.2) is 48.5 Å². The van der Waals surface area contributed by atoms with Crippen LogP contribution in [0.4, 0.5) is 11.4 Å². The number of rotatable bonds is 5. The highest BCUT2D eigenvalue weighted by molar-refractivity contribution is 5.85. The second kappa shape index (κ2) is 9.58. The minimum absolute atomic E-state index is 0. The molecule has 28 heavy (non-hydrogen) atoms. The van der Waals surface area contributed by atoms with Gasteiger partial charge in [0.05, 0.1) is 0 Å². The largest absolute Gasteiger partial charge is 0.341 e. The van der Waals surface area contributed by atoms with Crippen LogP contribution in [-0.4, -0.2) is 36.9 Å². The van der Waals surface area contributed by atoms with Gasteiger partial charge in [-0.15, -0.1) is 12.4 Å². The SMILES string of the molecule is CC(=O)C1CCN(CCCN2c3ccccc3CCc3ccccc32)CC1.Cl. The van der Waals surface area contributed by atoms with Gasteiger partial charge in [0.1, 0.15) is 5.78 Å². The first-order chi connectivity index (χ1) is 13.2. The highest BCUT2D eigenvalue weighted by atomic mass is 35.5. The van der Waals surface area contributed by atoms with E-state index in [1.165, 1.54) is 22.5 Å². The van der Waals surface area contributed by atoms with E-state index >= 15 is 0 Å². The van der Waals surface area contributed by atoms with Crippen molar-refractivity contribution in [1.82, 2.24) is 4.90 Å². The molecule has 0 N–H and O–H groups in total. The number of halogens is 1. The number of piperidine rings is 1. The third-order valence-corrected chi connectivity index (χ3v) is 6.25. The highest BCUT2D eigenvalue weighted by Crippen LogP contribution is 2.35. The molecular weight excluding hydrogens is 368 g/mol. The molecule has 0 spiro atoms. The van der Waals surface area contributed by atoms with E-state index in [1.807, 2.05) is 0 Å². The van der Waals surface area contributed by atoms with Crippen molar-refractivity contribution in [3.63, 3.8) is 0 Å². The predicted molar refractivity (Wildman–Crippen MR) is 119 cm³/mol. The van der Waals surface area contributed by atoms with Crippen molar-refractivity contribution in [2.75, 3.05) is 31.1 Å². The Morgan fingerprint density at radius 2 is 1.43 bits per heavy atom. The summed E-state index contributed by atoms with van der Waals surface area (Å²) >= 11 is 0. The zero-order chi connectivity index (χ0) is 18.6. The number of anilines is 2. The predicted octanol–water partition coefficient (Wildman–Crippen LogP) is 5.04. The Kier molecular flexibility index (Phi) is 7.14. The first-order valence-corrected chi connectivity index (χ1v) is 10.4. The summed E-state index contributed by atoms with van der Waals surface area (Å²) in [6.07, 6.45) is 5.44. The van der Waals surface area contributed by atoms with Crippen LogP contribution in [0.25, 0.3) is 0 Å². The number of benzene rings is 2. The lowest BCUT2D eigenvalue weighted by atomic mass is 9.93. The van der Waals surface area contributed by atoms with E-state index in [4.69, 9.17) is 0 Å². The number of carbonyl (C=O) groups excluding carboxylic acids is 1. The molecule has 2 aromatic rings. The molecule has 0 unspecified atom stereocenters. The van der Waals surface area contributed by atoms with Gasteiger partial charge in [-0.25, -0.2) is 0 Å². The van der Waals surface area contributed by atoms with Crippen LogP contribution in [0.2, 0.25) is 0 Å². The van der Waals surface area contributed by atoms with Crippen LogP contribution in [-0.2, 0) is 17.6 Å². The molecule has 1 fully saturated rings. The van der Waals surface area contributed by atoms with E-state index in [2.05, 4.69) is 58.3 Å². The number of fused-ring (bicyclic) bond motifs is 2. The topological polar surface area (TPSA) is 23.6 Å². The zero-order valence-corrected chi connectivity index (χ0v) is 17.6. The number of ketones is 1. The Labute approximate surface area is 175 Å². The number of aryl methyl sites for hydroxylation is 2. The van der Waals surface area contributed by atoms with E-state index in [0.717, 1.165) is 58.3 Å². The molecule has 0 amide bonds. The maximum Gasteiger partial charge on any atom is 0.133 e. The van der Waals surface area contributed by atoms with Crippen LogP contribution in [0.5, 0.6) is 0 Å². The smallest absolute Gasteiger partial charge is 0.133 e. The van der Waals surface area contributed by atoms with Crippen LogP contribution in [0, 0.1) is 5.92 Å². The Morgan fingerprint density at radius 1 is 0.893 bits per heavy atom. The Bertz CT molecular complexity index is 751. The van der Waals surface area contributed by atoms with Gasteiger partial charge in [0.15, 0.2) is 0 Å². The van der Waals surface area contributed by atoms with Crippen molar-refractivity contribution in [1.29, 1.82) is 0 Å². The first kappa shape index (κ1) is 20.9. The summed E-state index contributed by atoms with van der Waals surface area (Å²) in [4.78, 5) is 16.6. The molecule has 2 aliphatic heterocycles. The van der Waals surface area contributed by atoms with Crippen molar-refractivity contribution in [3.8, 4) is 0 Å². The lowest BCUT2D eigenvalue weighted by Gasteiger charge is -2.32. The van der Waals surface area contributed by atoms with E-state index in [-0.39, 0.29) is 12.4 Å². The highest BCUT2D eigenvalue weighted by Gasteiger charge is 2.23. The number of hydrogen-bond acceptors (Lipinski definition) is 3. The van der Waals surface area contributed by atoms with Gasteiger partial charge >= 0.3 is 0 Å². The molecule has 2 heterocycles. The minimum atomic E-state index is 0. The van der Waals surface area contributed by atoms with Crippen LogP contribution in [0.3, 0.4) is 0 Å². The lowest BCUT2D eigenvalue weighted by molar-refractivity contribution is -0.122. The number of Topliss-reactive ketones (excluding diaryl/α,β-unsaturated/α-hetero) is 1. The van der Waals surface area contributed by atoms with Gasteiger partial charge < -0.3 is 9.80 Å². The maximum absolute atomic E-state index is 11.6. The average Bonchev–Trinajstić information content (AvgIpc) is 2.86. The molecule has 0 aromatic heterocycles. The van der Waals surface area contributed by atoms with Crippen molar-refractivity contribution >= 4 is 29.6 Å². The molecule has 150 valence electrons. The fraction of sp³-hybridized carbons (Fsp3) is 0.458. The summed E-state index contributed by atoms with van der Waals surface area (Å²) in [5.41, 5.74) is 5.66. The van der Waals surface area contributed by atoms with Gasteiger partial charge in [-0.1, -0.05) is 36.4 Å². The molecule has 2 aliphatic rings. The molecule has 0 aliphatic carbocycles. The molecule has 0 bridgehead atoms.